The van der Waals surface area contributed by atoms with Gasteiger partial charge in [-0.1, -0.05) is 6.08 Å². The molecule has 128 valence electrons. The maximum absolute atomic E-state index is 2.63. The van der Waals surface area contributed by atoms with E-state index in [0.29, 0.717) is 0 Å². The van der Waals surface area contributed by atoms with Crippen LogP contribution in [0.2, 0.25) is 0 Å². The van der Waals surface area contributed by atoms with E-state index in [4.69, 9.17) is 0 Å². The molecular weight excluding hydrogens is 330 g/mol. The molecule has 2 aliphatic rings. The van der Waals surface area contributed by atoms with Crippen LogP contribution in [0.25, 0.3) is 5.57 Å². The van der Waals surface area contributed by atoms with Gasteiger partial charge in [0.15, 0.2) is 0 Å². The topological polar surface area (TPSA) is 0 Å². The second kappa shape index (κ2) is 6.12. The van der Waals surface area contributed by atoms with E-state index in [1.54, 1.807) is 0 Å². The number of quaternary nitrogens is 1. The zero-order chi connectivity index (χ0) is 16.9. The van der Waals surface area contributed by atoms with Gasteiger partial charge in [-0.05, 0) is 44.0 Å². The van der Waals surface area contributed by atoms with Crippen LogP contribution in [0.4, 0.5) is 0 Å². The lowest BCUT2D eigenvalue weighted by Crippen LogP contribution is -2.54. The van der Waals surface area contributed by atoms with E-state index in [0.717, 1.165) is 18.0 Å². The van der Waals surface area contributed by atoms with Crippen LogP contribution in [-0.4, -0.2) is 30.7 Å². The van der Waals surface area contributed by atoms with Gasteiger partial charge in [0.05, 0.1) is 26.2 Å². The number of rotatable bonds is 3. The summed E-state index contributed by atoms with van der Waals surface area (Å²) in [5.74, 6) is 0.744. The molecule has 0 N–H and O–H groups in total. The molecule has 4 rings (SSSR count). The third-order valence-electron chi connectivity index (χ3n) is 6.28. The van der Waals surface area contributed by atoms with Gasteiger partial charge in [-0.2, -0.15) is 0 Å². The third kappa shape index (κ3) is 2.91. The van der Waals surface area contributed by atoms with E-state index >= 15 is 0 Å². The fraction of sp³-hybridized carbons (Fsp3) is 0.524. The maximum atomic E-state index is 2.63. The SMILES string of the molecule is Cc1ccc(C(=CC2C[C@@H]3CC[C@@H](C2)[N+]3(C)C)c2ccc(C)s2)s1. The van der Waals surface area contributed by atoms with Gasteiger partial charge in [0.1, 0.15) is 0 Å². The lowest BCUT2D eigenvalue weighted by molar-refractivity contribution is -0.931. The average molecular weight is 359 g/mol. The summed E-state index contributed by atoms with van der Waals surface area (Å²) in [5, 5.41) is 0. The highest BCUT2D eigenvalue weighted by Gasteiger charge is 2.48. The van der Waals surface area contributed by atoms with Crippen molar-refractivity contribution < 1.29 is 4.48 Å². The number of fused-ring (bicyclic) bond motifs is 2. The summed E-state index contributed by atoms with van der Waals surface area (Å²) in [6.45, 7) is 4.43. The molecule has 3 heteroatoms. The van der Waals surface area contributed by atoms with Gasteiger partial charge < -0.3 is 4.48 Å². The van der Waals surface area contributed by atoms with E-state index in [-0.39, 0.29) is 0 Å². The van der Waals surface area contributed by atoms with Crippen LogP contribution in [0.1, 0.15) is 45.2 Å². The summed E-state index contributed by atoms with van der Waals surface area (Å²) >= 11 is 3.88. The molecule has 0 unspecified atom stereocenters. The molecular formula is C21H28NS2+. The first-order valence-electron chi connectivity index (χ1n) is 9.12. The number of aryl methyl sites for hydroxylation is 2. The third-order valence-corrected chi connectivity index (χ3v) is 8.35. The fourth-order valence-electron chi connectivity index (χ4n) is 4.74. The Kier molecular flexibility index (Phi) is 4.22. The molecule has 0 aliphatic carbocycles. The van der Waals surface area contributed by atoms with Crippen molar-refractivity contribution in [2.45, 2.75) is 51.6 Å². The highest BCUT2D eigenvalue weighted by atomic mass is 32.1. The number of nitrogens with zero attached hydrogens (tertiary/aromatic N) is 1. The van der Waals surface area contributed by atoms with E-state index < -0.39 is 0 Å². The molecule has 0 saturated carbocycles. The van der Waals surface area contributed by atoms with Crippen molar-refractivity contribution in [2.24, 2.45) is 5.92 Å². The van der Waals surface area contributed by atoms with Crippen LogP contribution in [0.5, 0.6) is 0 Å². The van der Waals surface area contributed by atoms with Crippen molar-refractivity contribution in [1.29, 1.82) is 0 Å². The van der Waals surface area contributed by atoms with Gasteiger partial charge in [-0.25, -0.2) is 0 Å². The summed E-state index contributed by atoms with van der Waals surface area (Å²) in [5.41, 5.74) is 1.49. The predicted molar refractivity (Wildman–Crippen MR) is 107 cm³/mol. The van der Waals surface area contributed by atoms with Crippen LogP contribution in [0.15, 0.2) is 30.3 Å². The Hall–Kier alpha value is -0.900. The predicted octanol–water partition coefficient (Wildman–Crippen LogP) is 5.88. The van der Waals surface area contributed by atoms with Gasteiger partial charge in [-0.3, -0.25) is 0 Å². The maximum Gasteiger partial charge on any atom is 0.0896 e. The molecule has 24 heavy (non-hydrogen) atoms. The monoisotopic (exact) mass is 358 g/mol. The highest BCUT2D eigenvalue weighted by Crippen LogP contribution is 2.44. The van der Waals surface area contributed by atoms with Gasteiger partial charge in [0.25, 0.3) is 0 Å². The Bertz CT molecular complexity index is 706. The second-order valence-electron chi connectivity index (χ2n) is 8.15. The summed E-state index contributed by atoms with van der Waals surface area (Å²) < 4.78 is 1.26. The van der Waals surface area contributed by atoms with Crippen LogP contribution >= 0.6 is 22.7 Å². The molecule has 1 nitrogen and oxygen atoms in total. The van der Waals surface area contributed by atoms with Crippen LogP contribution in [-0.2, 0) is 0 Å². The number of hydrogen-bond acceptors (Lipinski definition) is 2. The molecule has 0 aromatic carbocycles. The van der Waals surface area contributed by atoms with Gasteiger partial charge in [0, 0.05) is 50.8 Å². The molecule has 2 saturated heterocycles. The Balaban J connectivity index is 1.68. The largest absolute Gasteiger partial charge is 0.324 e. The minimum absolute atomic E-state index is 0.744. The second-order valence-corrected chi connectivity index (χ2v) is 10.7. The molecule has 0 amide bonds. The van der Waals surface area contributed by atoms with Crippen molar-refractivity contribution in [1.82, 2.24) is 0 Å². The molecule has 2 aromatic rings. The molecule has 4 heterocycles. The minimum atomic E-state index is 0.744. The summed E-state index contributed by atoms with van der Waals surface area (Å²) in [6.07, 6.45) is 8.20. The zero-order valence-electron chi connectivity index (χ0n) is 15.2. The molecule has 2 aromatic heterocycles. The molecule has 2 atom stereocenters. The lowest BCUT2D eigenvalue weighted by atomic mass is 9.87. The Morgan fingerprint density at radius 1 is 0.917 bits per heavy atom. The quantitative estimate of drug-likeness (QED) is 0.601. The van der Waals surface area contributed by atoms with Crippen LogP contribution < -0.4 is 0 Å². The standard InChI is InChI=1S/C21H28NS2/c1-14-5-9-20(23-14)19(21-10-6-15(2)24-21)13-16-11-17-7-8-18(12-16)22(17,3)4/h5-6,9-10,13,16-18H,7-8,11-12H2,1-4H3/q+1/t17-,18-/m0/s1. The van der Waals surface area contributed by atoms with Gasteiger partial charge in [-0.15, -0.1) is 22.7 Å². The van der Waals surface area contributed by atoms with Crippen molar-refractivity contribution in [3.8, 4) is 0 Å². The first kappa shape index (κ1) is 16.6. The Morgan fingerprint density at radius 3 is 1.83 bits per heavy atom. The molecule has 0 radical (unpaired) electrons. The van der Waals surface area contributed by atoms with Crippen LogP contribution in [0.3, 0.4) is 0 Å². The number of thiophene rings is 2. The van der Waals surface area contributed by atoms with E-state index in [1.807, 2.05) is 22.7 Å². The van der Waals surface area contributed by atoms with Crippen molar-refractivity contribution >= 4 is 28.2 Å². The minimum Gasteiger partial charge on any atom is -0.324 e. The lowest BCUT2D eigenvalue weighted by Gasteiger charge is -2.43. The first-order chi connectivity index (χ1) is 11.4. The van der Waals surface area contributed by atoms with Crippen LogP contribution in [0, 0.1) is 19.8 Å². The van der Waals surface area contributed by atoms with Gasteiger partial charge in [0.2, 0.25) is 0 Å². The van der Waals surface area contributed by atoms with Crippen molar-refractivity contribution in [2.75, 3.05) is 14.1 Å². The molecule has 2 fully saturated rings. The summed E-state index contributed by atoms with van der Waals surface area (Å²) in [4.78, 5) is 5.71. The molecule has 2 aliphatic heterocycles. The van der Waals surface area contributed by atoms with Crippen molar-refractivity contribution in [3.63, 3.8) is 0 Å². The first-order valence-corrected chi connectivity index (χ1v) is 10.8. The van der Waals surface area contributed by atoms with E-state index in [1.165, 1.54) is 55.2 Å². The molecule has 0 spiro atoms. The zero-order valence-corrected chi connectivity index (χ0v) is 16.8. The number of hydrogen-bond donors (Lipinski definition) is 0. The Labute approximate surface area is 154 Å². The van der Waals surface area contributed by atoms with Gasteiger partial charge >= 0.3 is 0 Å². The Morgan fingerprint density at radius 2 is 1.42 bits per heavy atom. The normalized spacial score (nSPS) is 28.1. The van der Waals surface area contributed by atoms with Crippen molar-refractivity contribution in [3.05, 3.63) is 49.9 Å². The fourth-order valence-corrected chi connectivity index (χ4v) is 6.62. The smallest absolute Gasteiger partial charge is 0.0896 e. The number of piperidine rings is 1. The van der Waals surface area contributed by atoms with E-state index in [2.05, 4.69) is 58.3 Å². The summed E-state index contributed by atoms with van der Waals surface area (Å²) in [6, 6.07) is 10.9. The average Bonchev–Trinajstić information content (AvgIpc) is 3.15. The number of allylic oxidation sites excluding steroid dienone is 1. The molecule has 2 bridgehead atoms. The summed E-state index contributed by atoms with van der Waals surface area (Å²) in [7, 11) is 4.91. The van der Waals surface area contributed by atoms with E-state index in [9.17, 15) is 0 Å². The highest BCUT2D eigenvalue weighted by molar-refractivity contribution is 7.15.